The van der Waals surface area contributed by atoms with Crippen LogP contribution >= 0.6 is 0 Å². The molecule has 0 aromatic heterocycles. The number of hydrogen-bond donors (Lipinski definition) is 0. The highest BCUT2D eigenvalue weighted by Crippen LogP contribution is 2.24. The van der Waals surface area contributed by atoms with Crippen LogP contribution in [0.15, 0.2) is 18.2 Å². The molecule has 1 aromatic rings. The number of rotatable bonds is 5. The monoisotopic (exact) mass is 250 g/mol. The summed E-state index contributed by atoms with van der Waals surface area (Å²) in [4.78, 5) is 10.8. The zero-order valence-electron chi connectivity index (χ0n) is 10.5. The largest absolute Gasteiger partial charge is 0.376 e. The van der Waals surface area contributed by atoms with Crippen molar-refractivity contribution in [2.45, 2.75) is 38.7 Å². The molecule has 1 aliphatic carbocycles. The van der Waals surface area contributed by atoms with Crippen molar-refractivity contribution in [2.24, 2.45) is 5.92 Å². The van der Waals surface area contributed by atoms with E-state index >= 15 is 0 Å². The Kier molecular flexibility index (Phi) is 4.88. The molecule has 1 fully saturated rings. The van der Waals surface area contributed by atoms with Crippen molar-refractivity contribution in [3.05, 3.63) is 35.1 Å². The van der Waals surface area contributed by atoms with Gasteiger partial charge in [0.2, 0.25) is 0 Å². The van der Waals surface area contributed by atoms with E-state index in [4.69, 9.17) is 4.74 Å². The maximum absolute atomic E-state index is 13.1. The quantitative estimate of drug-likeness (QED) is 0.744. The second kappa shape index (κ2) is 6.64. The molecule has 0 saturated heterocycles. The standard InChI is InChI=1S/C15H19FO2/c16-15-7-6-13(9-17)14(8-15)11-18-10-12-4-2-1-3-5-12/h6-9,12H,1-5,10-11H2. The van der Waals surface area contributed by atoms with Crippen LogP contribution in [0.5, 0.6) is 0 Å². The molecular weight excluding hydrogens is 231 g/mol. The predicted octanol–water partition coefficient (Wildman–Crippen LogP) is 3.74. The molecule has 98 valence electrons. The lowest BCUT2D eigenvalue weighted by atomic mass is 9.90. The first kappa shape index (κ1) is 13.2. The van der Waals surface area contributed by atoms with Crippen LogP contribution in [0.1, 0.15) is 48.0 Å². The number of hydrogen-bond acceptors (Lipinski definition) is 2. The van der Waals surface area contributed by atoms with Gasteiger partial charge in [-0.05, 0) is 42.5 Å². The molecule has 3 heteroatoms. The summed E-state index contributed by atoms with van der Waals surface area (Å²) in [6.07, 6.45) is 7.10. The Hall–Kier alpha value is -1.22. The van der Waals surface area contributed by atoms with E-state index in [1.54, 1.807) is 0 Å². The molecular formula is C15H19FO2. The van der Waals surface area contributed by atoms with Crippen LogP contribution in [-0.4, -0.2) is 12.9 Å². The molecule has 2 nitrogen and oxygen atoms in total. The second-order valence-corrected chi connectivity index (χ2v) is 4.98. The molecule has 0 aliphatic heterocycles. The van der Waals surface area contributed by atoms with Crippen LogP contribution in [-0.2, 0) is 11.3 Å². The fraction of sp³-hybridized carbons (Fsp3) is 0.533. The van der Waals surface area contributed by atoms with Crippen LogP contribution in [0, 0.1) is 11.7 Å². The van der Waals surface area contributed by atoms with Crippen LogP contribution in [0.25, 0.3) is 0 Å². The summed E-state index contributed by atoms with van der Waals surface area (Å²) in [6, 6.07) is 4.18. The summed E-state index contributed by atoms with van der Waals surface area (Å²) in [6.45, 7) is 1.04. The molecule has 1 saturated carbocycles. The summed E-state index contributed by atoms with van der Waals surface area (Å²) in [5.74, 6) is 0.309. The Morgan fingerprint density at radius 1 is 1.28 bits per heavy atom. The number of benzene rings is 1. The van der Waals surface area contributed by atoms with E-state index in [-0.39, 0.29) is 5.82 Å². The molecule has 1 aromatic carbocycles. The Balaban J connectivity index is 1.85. The average molecular weight is 250 g/mol. The Bertz CT molecular complexity index is 397. The maximum Gasteiger partial charge on any atom is 0.150 e. The lowest BCUT2D eigenvalue weighted by Gasteiger charge is -2.21. The number of halogens is 1. The summed E-state index contributed by atoms with van der Waals surface area (Å²) in [5.41, 5.74) is 1.15. The fourth-order valence-electron chi connectivity index (χ4n) is 2.50. The highest BCUT2D eigenvalue weighted by molar-refractivity contribution is 5.77. The van der Waals surface area contributed by atoms with Crippen LogP contribution in [0.3, 0.4) is 0 Å². The lowest BCUT2D eigenvalue weighted by Crippen LogP contribution is -2.13. The second-order valence-electron chi connectivity index (χ2n) is 4.98. The molecule has 0 bridgehead atoms. The minimum atomic E-state index is -0.322. The van der Waals surface area contributed by atoms with Gasteiger partial charge in [-0.3, -0.25) is 4.79 Å². The number of ether oxygens (including phenoxy) is 1. The van der Waals surface area contributed by atoms with Crippen molar-refractivity contribution < 1.29 is 13.9 Å². The summed E-state index contributed by atoms with van der Waals surface area (Å²) >= 11 is 0. The zero-order valence-corrected chi connectivity index (χ0v) is 10.5. The smallest absolute Gasteiger partial charge is 0.150 e. The van der Waals surface area contributed by atoms with E-state index in [0.29, 0.717) is 23.7 Å². The summed E-state index contributed by atoms with van der Waals surface area (Å²) < 4.78 is 18.7. The van der Waals surface area contributed by atoms with Crippen LogP contribution in [0.2, 0.25) is 0 Å². The third kappa shape index (κ3) is 3.64. The van der Waals surface area contributed by atoms with Gasteiger partial charge in [0, 0.05) is 12.2 Å². The SMILES string of the molecule is O=Cc1ccc(F)cc1COCC1CCCCC1. The van der Waals surface area contributed by atoms with Gasteiger partial charge in [-0.1, -0.05) is 19.3 Å². The molecule has 2 rings (SSSR count). The highest BCUT2D eigenvalue weighted by atomic mass is 19.1. The lowest BCUT2D eigenvalue weighted by molar-refractivity contribution is 0.0732. The van der Waals surface area contributed by atoms with E-state index in [1.807, 2.05) is 0 Å². The number of carbonyl (C=O) groups excluding carboxylic acids is 1. The number of aldehydes is 1. The normalized spacial score (nSPS) is 16.7. The van der Waals surface area contributed by atoms with Crippen molar-refractivity contribution in [3.8, 4) is 0 Å². The first-order valence-corrected chi connectivity index (χ1v) is 6.61. The molecule has 1 aliphatic rings. The van der Waals surface area contributed by atoms with Gasteiger partial charge >= 0.3 is 0 Å². The molecule has 0 unspecified atom stereocenters. The van der Waals surface area contributed by atoms with E-state index in [1.165, 1.54) is 50.3 Å². The molecule has 0 radical (unpaired) electrons. The summed E-state index contributed by atoms with van der Waals surface area (Å²) in [7, 11) is 0. The van der Waals surface area contributed by atoms with Gasteiger partial charge in [0.05, 0.1) is 6.61 Å². The van der Waals surface area contributed by atoms with Crippen molar-refractivity contribution >= 4 is 6.29 Å². The van der Waals surface area contributed by atoms with E-state index < -0.39 is 0 Å². The van der Waals surface area contributed by atoms with Gasteiger partial charge < -0.3 is 4.74 Å². The van der Waals surface area contributed by atoms with Gasteiger partial charge in [0.25, 0.3) is 0 Å². The third-order valence-corrected chi connectivity index (χ3v) is 3.57. The fourth-order valence-corrected chi connectivity index (χ4v) is 2.50. The van der Waals surface area contributed by atoms with Crippen molar-refractivity contribution in [1.82, 2.24) is 0 Å². The Morgan fingerprint density at radius 3 is 2.78 bits per heavy atom. The highest BCUT2D eigenvalue weighted by Gasteiger charge is 2.13. The topological polar surface area (TPSA) is 26.3 Å². The van der Waals surface area contributed by atoms with Gasteiger partial charge in [0.15, 0.2) is 0 Å². The molecule has 0 heterocycles. The van der Waals surface area contributed by atoms with E-state index in [2.05, 4.69) is 0 Å². The average Bonchev–Trinajstić information content (AvgIpc) is 2.40. The van der Waals surface area contributed by atoms with Crippen molar-refractivity contribution in [3.63, 3.8) is 0 Å². The van der Waals surface area contributed by atoms with Gasteiger partial charge in [-0.2, -0.15) is 0 Å². The molecule has 0 amide bonds. The minimum Gasteiger partial charge on any atom is -0.376 e. The summed E-state index contributed by atoms with van der Waals surface area (Å²) in [5, 5.41) is 0. The van der Waals surface area contributed by atoms with E-state index in [0.717, 1.165) is 12.9 Å². The maximum atomic E-state index is 13.1. The molecule has 0 N–H and O–H groups in total. The Labute approximate surface area is 107 Å². The first-order chi connectivity index (χ1) is 8.79. The van der Waals surface area contributed by atoms with Crippen molar-refractivity contribution in [2.75, 3.05) is 6.61 Å². The van der Waals surface area contributed by atoms with Crippen LogP contribution in [0.4, 0.5) is 4.39 Å². The minimum absolute atomic E-state index is 0.322. The predicted molar refractivity (Wildman–Crippen MR) is 68.0 cm³/mol. The van der Waals surface area contributed by atoms with Crippen LogP contribution < -0.4 is 0 Å². The van der Waals surface area contributed by atoms with Crippen molar-refractivity contribution in [1.29, 1.82) is 0 Å². The molecule has 0 spiro atoms. The molecule has 0 atom stereocenters. The number of carbonyl (C=O) groups is 1. The Morgan fingerprint density at radius 2 is 2.06 bits per heavy atom. The zero-order chi connectivity index (χ0) is 12.8. The van der Waals surface area contributed by atoms with Gasteiger partial charge in [-0.25, -0.2) is 4.39 Å². The first-order valence-electron chi connectivity index (χ1n) is 6.61. The van der Waals surface area contributed by atoms with E-state index in [9.17, 15) is 9.18 Å². The van der Waals surface area contributed by atoms with Gasteiger partial charge in [0.1, 0.15) is 12.1 Å². The van der Waals surface area contributed by atoms with Gasteiger partial charge in [-0.15, -0.1) is 0 Å². The molecule has 18 heavy (non-hydrogen) atoms. The third-order valence-electron chi connectivity index (χ3n) is 3.57.